The zero-order valence-corrected chi connectivity index (χ0v) is 12.7. The van der Waals surface area contributed by atoms with Crippen molar-refractivity contribution in [3.8, 4) is 5.75 Å². The van der Waals surface area contributed by atoms with E-state index in [1.807, 2.05) is 38.1 Å². The first kappa shape index (κ1) is 16.3. The molecule has 0 fully saturated rings. The minimum atomic E-state index is -0.179. The van der Waals surface area contributed by atoms with Gasteiger partial charge in [-0.2, -0.15) is 0 Å². The molecule has 0 aliphatic heterocycles. The first-order valence-corrected chi connectivity index (χ1v) is 7.44. The Bertz CT molecular complexity index is 405. The summed E-state index contributed by atoms with van der Waals surface area (Å²) in [6.45, 7) is 6.81. The van der Waals surface area contributed by atoms with Crippen LogP contribution in [-0.2, 0) is 0 Å². The standard InChI is InChI=1S/C16H26N2O2/c1-4-5-6-9-12-17-16(19)18-14-10-7-8-11-15(14)20-13(2)3/h7-8,10-11,13H,4-6,9,12H2,1-3H3,(H2,17,18,19). The number of anilines is 1. The fraction of sp³-hybridized carbons (Fsp3) is 0.562. The lowest BCUT2D eigenvalue weighted by molar-refractivity contribution is 0.241. The fourth-order valence-corrected chi connectivity index (χ4v) is 1.85. The Hall–Kier alpha value is -1.71. The van der Waals surface area contributed by atoms with Gasteiger partial charge in [-0.15, -0.1) is 0 Å². The summed E-state index contributed by atoms with van der Waals surface area (Å²) >= 11 is 0. The Labute approximate surface area is 121 Å². The minimum absolute atomic E-state index is 0.0788. The SMILES string of the molecule is CCCCCCNC(=O)Nc1ccccc1OC(C)C. The van der Waals surface area contributed by atoms with Crippen molar-refractivity contribution in [2.75, 3.05) is 11.9 Å². The first-order valence-electron chi connectivity index (χ1n) is 7.44. The van der Waals surface area contributed by atoms with Crippen molar-refractivity contribution >= 4 is 11.7 Å². The highest BCUT2D eigenvalue weighted by atomic mass is 16.5. The van der Waals surface area contributed by atoms with Gasteiger partial charge in [-0.05, 0) is 32.4 Å². The van der Waals surface area contributed by atoms with Gasteiger partial charge in [0.15, 0.2) is 0 Å². The molecular weight excluding hydrogens is 252 g/mol. The van der Waals surface area contributed by atoms with Crippen molar-refractivity contribution in [1.29, 1.82) is 0 Å². The number of unbranched alkanes of at least 4 members (excludes halogenated alkanes) is 3. The molecule has 4 nitrogen and oxygen atoms in total. The number of carbonyl (C=O) groups excluding carboxylic acids is 1. The largest absolute Gasteiger partial charge is 0.489 e. The van der Waals surface area contributed by atoms with Crippen molar-refractivity contribution < 1.29 is 9.53 Å². The van der Waals surface area contributed by atoms with Crippen LogP contribution in [0.25, 0.3) is 0 Å². The molecule has 0 heterocycles. The summed E-state index contributed by atoms with van der Waals surface area (Å²) in [7, 11) is 0. The van der Waals surface area contributed by atoms with Crippen LogP contribution in [0, 0.1) is 0 Å². The second kappa shape index (κ2) is 9.23. The number of amides is 2. The van der Waals surface area contributed by atoms with E-state index in [2.05, 4.69) is 17.6 Å². The molecule has 0 bridgehead atoms. The molecule has 1 rings (SSSR count). The van der Waals surface area contributed by atoms with E-state index in [0.717, 1.165) is 12.8 Å². The van der Waals surface area contributed by atoms with E-state index in [9.17, 15) is 4.79 Å². The van der Waals surface area contributed by atoms with Crippen LogP contribution in [0.3, 0.4) is 0 Å². The topological polar surface area (TPSA) is 50.4 Å². The van der Waals surface area contributed by atoms with Gasteiger partial charge < -0.3 is 15.4 Å². The summed E-state index contributed by atoms with van der Waals surface area (Å²) in [5.41, 5.74) is 0.701. The van der Waals surface area contributed by atoms with E-state index in [1.165, 1.54) is 12.8 Å². The van der Waals surface area contributed by atoms with Crippen molar-refractivity contribution in [3.63, 3.8) is 0 Å². The second-order valence-electron chi connectivity index (χ2n) is 5.10. The number of nitrogens with one attached hydrogen (secondary N) is 2. The average Bonchev–Trinajstić information content (AvgIpc) is 2.40. The van der Waals surface area contributed by atoms with Crippen LogP contribution in [0.15, 0.2) is 24.3 Å². The zero-order chi connectivity index (χ0) is 14.8. The van der Waals surface area contributed by atoms with Crippen LogP contribution in [0.1, 0.15) is 46.5 Å². The van der Waals surface area contributed by atoms with Crippen molar-refractivity contribution in [2.45, 2.75) is 52.6 Å². The summed E-state index contributed by atoms with van der Waals surface area (Å²) in [5, 5.41) is 5.70. The van der Waals surface area contributed by atoms with Crippen LogP contribution in [0.4, 0.5) is 10.5 Å². The third-order valence-electron chi connectivity index (χ3n) is 2.81. The van der Waals surface area contributed by atoms with Crippen molar-refractivity contribution in [1.82, 2.24) is 5.32 Å². The predicted octanol–water partition coefficient (Wildman–Crippen LogP) is 4.18. The molecule has 20 heavy (non-hydrogen) atoms. The Morgan fingerprint density at radius 3 is 2.65 bits per heavy atom. The van der Waals surface area contributed by atoms with Gasteiger partial charge in [0.1, 0.15) is 5.75 Å². The molecular formula is C16H26N2O2. The van der Waals surface area contributed by atoms with Crippen molar-refractivity contribution in [3.05, 3.63) is 24.3 Å². The highest BCUT2D eigenvalue weighted by Gasteiger charge is 2.07. The maximum Gasteiger partial charge on any atom is 0.319 e. The van der Waals surface area contributed by atoms with Crippen molar-refractivity contribution in [2.24, 2.45) is 0 Å². The highest BCUT2D eigenvalue weighted by molar-refractivity contribution is 5.90. The predicted molar refractivity (Wildman–Crippen MR) is 83.4 cm³/mol. The van der Waals surface area contributed by atoms with E-state index in [0.29, 0.717) is 18.0 Å². The molecule has 0 aliphatic carbocycles. The molecule has 0 radical (unpaired) electrons. The van der Waals surface area contributed by atoms with E-state index in [4.69, 9.17) is 4.74 Å². The Balaban J connectivity index is 2.41. The molecule has 1 aromatic rings. The van der Waals surface area contributed by atoms with E-state index in [-0.39, 0.29) is 12.1 Å². The second-order valence-corrected chi connectivity index (χ2v) is 5.10. The molecule has 0 atom stereocenters. The maximum absolute atomic E-state index is 11.8. The van der Waals surface area contributed by atoms with Gasteiger partial charge in [0.05, 0.1) is 11.8 Å². The lowest BCUT2D eigenvalue weighted by Crippen LogP contribution is -2.29. The molecule has 0 aliphatic rings. The molecule has 2 amide bonds. The number of ether oxygens (including phenoxy) is 1. The van der Waals surface area contributed by atoms with Gasteiger partial charge in [-0.25, -0.2) is 4.79 Å². The van der Waals surface area contributed by atoms with Gasteiger partial charge in [0.2, 0.25) is 0 Å². The average molecular weight is 278 g/mol. The van der Waals surface area contributed by atoms with E-state index >= 15 is 0 Å². The summed E-state index contributed by atoms with van der Waals surface area (Å²) in [6, 6.07) is 7.29. The number of para-hydroxylation sites is 2. The van der Waals surface area contributed by atoms with Gasteiger partial charge in [0, 0.05) is 6.54 Å². The molecule has 2 N–H and O–H groups in total. The zero-order valence-electron chi connectivity index (χ0n) is 12.7. The number of rotatable bonds is 8. The summed E-state index contributed by atoms with van der Waals surface area (Å²) < 4.78 is 5.66. The number of carbonyl (C=O) groups is 1. The molecule has 0 saturated heterocycles. The van der Waals surface area contributed by atoms with Gasteiger partial charge in [-0.3, -0.25) is 0 Å². The van der Waals surface area contributed by atoms with Gasteiger partial charge in [0.25, 0.3) is 0 Å². The quantitative estimate of drug-likeness (QED) is 0.701. The summed E-state index contributed by atoms with van der Waals surface area (Å²) in [4.78, 5) is 11.8. The summed E-state index contributed by atoms with van der Waals surface area (Å²) in [6.07, 6.45) is 4.67. The fourth-order valence-electron chi connectivity index (χ4n) is 1.85. The highest BCUT2D eigenvalue weighted by Crippen LogP contribution is 2.24. The van der Waals surface area contributed by atoms with Crippen LogP contribution < -0.4 is 15.4 Å². The molecule has 0 saturated carbocycles. The molecule has 0 aromatic heterocycles. The van der Waals surface area contributed by atoms with Gasteiger partial charge in [-0.1, -0.05) is 38.3 Å². The Kier molecular flexibility index (Phi) is 7.55. The third kappa shape index (κ3) is 6.45. The van der Waals surface area contributed by atoms with E-state index < -0.39 is 0 Å². The van der Waals surface area contributed by atoms with E-state index in [1.54, 1.807) is 0 Å². The monoisotopic (exact) mass is 278 g/mol. The number of benzene rings is 1. The van der Waals surface area contributed by atoms with Crippen LogP contribution in [0.2, 0.25) is 0 Å². The van der Waals surface area contributed by atoms with Crippen LogP contribution in [-0.4, -0.2) is 18.7 Å². The molecule has 0 spiro atoms. The molecule has 0 unspecified atom stereocenters. The normalized spacial score (nSPS) is 10.4. The Morgan fingerprint density at radius 2 is 1.95 bits per heavy atom. The first-order chi connectivity index (χ1) is 9.63. The number of urea groups is 1. The maximum atomic E-state index is 11.8. The smallest absolute Gasteiger partial charge is 0.319 e. The molecule has 4 heteroatoms. The van der Waals surface area contributed by atoms with Crippen LogP contribution >= 0.6 is 0 Å². The van der Waals surface area contributed by atoms with Gasteiger partial charge >= 0.3 is 6.03 Å². The minimum Gasteiger partial charge on any atom is -0.489 e. The lowest BCUT2D eigenvalue weighted by atomic mass is 10.2. The molecule has 112 valence electrons. The Morgan fingerprint density at radius 1 is 1.20 bits per heavy atom. The lowest BCUT2D eigenvalue weighted by Gasteiger charge is -2.15. The number of hydrogen-bond acceptors (Lipinski definition) is 2. The van der Waals surface area contributed by atoms with Crippen LogP contribution in [0.5, 0.6) is 5.75 Å². The third-order valence-corrected chi connectivity index (χ3v) is 2.81. The number of hydrogen-bond donors (Lipinski definition) is 2. The summed E-state index contributed by atoms with van der Waals surface area (Å²) in [5.74, 6) is 0.698. The molecule has 1 aromatic carbocycles.